The van der Waals surface area contributed by atoms with Gasteiger partial charge >= 0.3 is 0 Å². The number of nitrogens with one attached hydrogen (secondary N) is 1. The van der Waals surface area contributed by atoms with Crippen molar-refractivity contribution in [3.63, 3.8) is 0 Å². The van der Waals surface area contributed by atoms with E-state index in [0.717, 1.165) is 17.8 Å². The second kappa shape index (κ2) is 1.41. The molecule has 0 saturated carbocycles. The number of hydrogen-bond acceptors (Lipinski definition) is 2. The summed E-state index contributed by atoms with van der Waals surface area (Å²) >= 11 is 0. The predicted molar refractivity (Wildman–Crippen MR) is 35.4 cm³/mol. The number of rotatable bonds is 0. The van der Waals surface area contributed by atoms with Crippen LogP contribution in [0.15, 0.2) is 18.2 Å². The van der Waals surface area contributed by atoms with Crippen LogP contribution in [0.5, 0.6) is 5.75 Å². The summed E-state index contributed by atoms with van der Waals surface area (Å²) in [6.07, 6.45) is 0. The summed E-state index contributed by atoms with van der Waals surface area (Å²) in [5, 5.41) is 12.2. The number of phenols is 1. The lowest BCUT2D eigenvalue weighted by atomic mass is 10.2. The first-order chi connectivity index (χ1) is 4.38. The van der Waals surface area contributed by atoms with Gasteiger partial charge in [-0.3, -0.25) is 0 Å². The van der Waals surface area contributed by atoms with Crippen molar-refractivity contribution >= 4 is 5.69 Å². The molecule has 2 heteroatoms. The minimum Gasteiger partial charge on any atom is -0.505 e. The number of benzene rings is 1. The molecule has 0 aliphatic carbocycles. The Balaban J connectivity index is 2.71. The van der Waals surface area contributed by atoms with Gasteiger partial charge in [0.05, 0.1) is 5.69 Å². The Kier molecular flexibility index (Phi) is 0.730. The van der Waals surface area contributed by atoms with Gasteiger partial charge in [0.15, 0.2) is 0 Å². The minimum atomic E-state index is 0.414. The molecule has 1 aliphatic heterocycles. The fourth-order valence-corrected chi connectivity index (χ4v) is 1.07. The predicted octanol–water partition coefficient (Wildman–Crippen LogP) is 1.32. The topological polar surface area (TPSA) is 32.3 Å². The molecule has 2 bridgehead atoms. The maximum Gasteiger partial charge on any atom is 0.143 e. The molecule has 0 radical (unpaired) electrons. The highest BCUT2D eigenvalue weighted by molar-refractivity contribution is 5.64. The van der Waals surface area contributed by atoms with Crippen LogP contribution in [0.1, 0.15) is 5.56 Å². The highest BCUT2D eigenvalue weighted by Crippen LogP contribution is 2.33. The molecular weight excluding hydrogens is 114 g/mol. The van der Waals surface area contributed by atoms with E-state index in [1.807, 2.05) is 18.2 Å². The minimum absolute atomic E-state index is 0.414. The number of aromatic hydroxyl groups is 1. The van der Waals surface area contributed by atoms with E-state index in [4.69, 9.17) is 0 Å². The van der Waals surface area contributed by atoms with Crippen molar-refractivity contribution in [1.82, 2.24) is 0 Å². The molecule has 1 aromatic rings. The Morgan fingerprint density at radius 1 is 1.44 bits per heavy atom. The van der Waals surface area contributed by atoms with Gasteiger partial charge in [-0.25, -0.2) is 0 Å². The van der Waals surface area contributed by atoms with E-state index in [1.54, 1.807) is 0 Å². The zero-order valence-electron chi connectivity index (χ0n) is 4.89. The van der Waals surface area contributed by atoms with Crippen LogP contribution >= 0.6 is 0 Å². The van der Waals surface area contributed by atoms with Crippen molar-refractivity contribution in [2.75, 3.05) is 5.32 Å². The Labute approximate surface area is 53.1 Å². The van der Waals surface area contributed by atoms with E-state index >= 15 is 0 Å². The van der Waals surface area contributed by atoms with Crippen LogP contribution in [0, 0.1) is 0 Å². The summed E-state index contributed by atoms with van der Waals surface area (Å²) in [7, 11) is 0. The third kappa shape index (κ3) is 0.499. The van der Waals surface area contributed by atoms with Gasteiger partial charge in [-0.05, 0) is 6.07 Å². The lowest BCUT2D eigenvalue weighted by molar-refractivity contribution is 0.477. The molecule has 1 heterocycles. The van der Waals surface area contributed by atoms with Crippen LogP contribution in [-0.2, 0) is 6.54 Å². The first-order valence-corrected chi connectivity index (χ1v) is 2.92. The van der Waals surface area contributed by atoms with Crippen molar-refractivity contribution in [1.29, 1.82) is 0 Å². The highest BCUT2D eigenvalue weighted by Gasteiger charge is 2.12. The zero-order valence-corrected chi connectivity index (χ0v) is 4.89. The van der Waals surface area contributed by atoms with E-state index in [9.17, 15) is 5.11 Å². The molecule has 9 heavy (non-hydrogen) atoms. The van der Waals surface area contributed by atoms with Crippen molar-refractivity contribution < 1.29 is 5.11 Å². The van der Waals surface area contributed by atoms with Crippen molar-refractivity contribution in [3.8, 4) is 5.75 Å². The second-order valence-electron chi connectivity index (χ2n) is 2.17. The van der Waals surface area contributed by atoms with E-state index in [1.165, 1.54) is 0 Å². The smallest absolute Gasteiger partial charge is 0.143 e. The average Bonchev–Trinajstić information content (AvgIpc) is 2.19. The summed E-state index contributed by atoms with van der Waals surface area (Å²) in [5.41, 5.74) is 1.85. The fourth-order valence-electron chi connectivity index (χ4n) is 1.07. The molecule has 0 aromatic heterocycles. The van der Waals surface area contributed by atoms with Crippen molar-refractivity contribution in [2.24, 2.45) is 0 Å². The summed E-state index contributed by atoms with van der Waals surface area (Å²) < 4.78 is 0. The number of fused-ring (bicyclic) bond motifs is 2. The first kappa shape index (κ1) is 4.68. The largest absolute Gasteiger partial charge is 0.505 e. The Morgan fingerprint density at radius 3 is 3.00 bits per heavy atom. The Hall–Kier alpha value is -1.18. The van der Waals surface area contributed by atoms with Gasteiger partial charge in [-0.15, -0.1) is 0 Å². The van der Waals surface area contributed by atoms with Gasteiger partial charge in [-0.1, -0.05) is 12.1 Å². The van der Waals surface area contributed by atoms with Crippen LogP contribution in [0.3, 0.4) is 0 Å². The average molecular weight is 121 g/mol. The maximum absolute atomic E-state index is 9.21. The molecule has 2 rings (SSSR count). The Bertz CT molecular complexity index is 222. The van der Waals surface area contributed by atoms with Gasteiger partial charge in [0, 0.05) is 12.1 Å². The summed E-state index contributed by atoms with van der Waals surface area (Å²) in [4.78, 5) is 0. The normalized spacial score (nSPS) is 13.3. The van der Waals surface area contributed by atoms with E-state index < -0.39 is 0 Å². The molecule has 0 spiro atoms. The molecule has 0 fully saturated rings. The third-order valence-corrected chi connectivity index (χ3v) is 1.59. The summed E-state index contributed by atoms with van der Waals surface area (Å²) in [6, 6.07) is 5.72. The first-order valence-electron chi connectivity index (χ1n) is 2.92. The van der Waals surface area contributed by atoms with Gasteiger partial charge < -0.3 is 10.4 Å². The Morgan fingerprint density at radius 2 is 2.33 bits per heavy atom. The lowest BCUT2D eigenvalue weighted by Gasteiger charge is -1.91. The number of para-hydroxylation sites is 1. The molecule has 2 N–H and O–H groups in total. The van der Waals surface area contributed by atoms with Gasteiger partial charge in [0.25, 0.3) is 0 Å². The van der Waals surface area contributed by atoms with Gasteiger partial charge in [0.2, 0.25) is 0 Å². The molecule has 0 unspecified atom stereocenters. The number of phenolic OH excluding ortho intramolecular Hbond substituents is 1. The second-order valence-corrected chi connectivity index (χ2v) is 2.17. The van der Waals surface area contributed by atoms with E-state index in [0.29, 0.717) is 5.75 Å². The molecule has 0 amide bonds. The fraction of sp³-hybridized carbons (Fsp3) is 0.143. The van der Waals surface area contributed by atoms with E-state index in [2.05, 4.69) is 5.32 Å². The van der Waals surface area contributed by atoms with Crippen LogP contribution in [0.25, 0.3) is 0 Å². The SMILES string of the molecule is Oc1c2cccc1NC2. The number of hydrogen-bond donors (Lipinski definition) is 2. The van der Waals surface area contributed by atoms with Crippen molar-refractivity contribution in [3.05, 3.63) is 23.8 Å². The van der Waals surface area contributed by atoms with Crippen molar-refractivity contribution in [2.45, 2.75) is 6.54 Å². The lowest BCUT2D eigenvalue weighted by Crippen LogP contribution is -1.85. The van der Waals surface area contributed by atoms with Gasteiger partial charge in [-0.2, -0.15) is 0 Å². The van der Waals surface area contributed by atoms with E-state index in [-0.39, 0.29) is 0 Å². The summed E-state index contributed by atoms with van der Waals surface area (Å²) in [6.45, 7) is 0.772. The van der Waals surface area contributed by atoms with Crippen LogP contribution in [0.2, 0.25) is 0 Å². The monoisotopic (exact) mass is 121 g/mol. The molecule has 1 aliphatic rings. The van der Waals surface area contributed by atoms with Crippen LogP contribution in [0.4, 0.5) is 5.69 Å². The molecule has 1 aromatic carbocycles. The standard InChI is InChI=1S/C7H7NO/c9-7-5-2-1-3-6(7)8-4-5/h1-3,8-9H,4H2. The zero-order chi connectivity index (χ0) is 6.27. The van der Waals surface area contributed by atoms with Crippen LogP contribution < -0.4 is 5.32 Å². The maximum atomic E-state index is 9.21. The molecule has 0 atom stereocenters. The van der Waals surface area contributed by atoms with Gasteiger partial charge in [0.1, 0.15) is 5.75 Å². The third-order valence-electron chi connectivity index (χ3n) is 1.59. The molecule has 2 nitrogen and oxygen atoms in total. The summed E-state index contributed by atoms with van der Waals surface area (Å²) in [5.74, 6) is 0.414. The van der Waals surface area contributed by atoms with Crippen LogP contribution in [-0.4, -0.2) is 5.11 Å². The highest BCUT2D eigenvalue weighted by atomic mass is 16.3. The molecule has 0 saturated heterocycles. The number of anilines is 1. The molecule has 46 valence electrons. The molecular formula is C7H7NO. The quantitative estimate of drug-likeness (QED) is 0.507.